The Labute approximate surface area is 81.9 Å². The van der Waals surface area contributed by atoms with E-state index in [9.17, 15) is 4.79 Å². The first-order valence-corrected chi connectivity index (χ1v) is 4.76. The van der Waals surface area contributed by atoms with E-state index in [1.807, 2.05) is 0 Å². The van der Waals surface area contributed by atoms with E-state index < -0.39 is 12.0 Å². The summed E-state index contributed by atoms with van der Waals surface area (Å²) in [6.07, 6.45) is 0. The predicted molar refractivity (Wildman–Crippen MR) is 48.8 cm³/mol. The van der Waals surface area contributed by atoms with Crippen molar-refractivity contribution in [1.82, 2.24) is 4.98 Å². The Bertz CT molecular complexity index is 289. The molecule has 6 heteroatoms. The Morgan fingerprint density at radius 3 is 3.00 bits per heavy atom. The molecule has 1 aromatic heterocycles. The summed E-state index contributed by atoms with van der Waals surface area (Å²) < 4.78 is 5.17. The van der Waals surface area contributed by atoms with E-state index in [0.29, 0.717) is 9.61 Å². The van der Waals surface area contributed by atoms with Gasteiger partial charge in [-0.1, -0.05) is 0 Å². The lowest BCUT2D eigenvalue weighted by atomic mass is 10.2. The molecule has 0 saturated heterocycles. The molecule has 0 unspecified atom stereocenters. The molecule has 4 nitrogen and oxygen atoms in total. The molecular weight excluding hydrogens is 244 g/mol. The molecule has 0 radical (unpaired) electrons. The average molecular weight is 251 g/mol. The zero-order chi connectivity index (χ0) is 9.14. The van der Waals surface area contributed by atoms with Crippen LogP contribution >= 0.6 is 27.3 Å². The first kappa shape index (κ1) is 9.63. The fourth-order valence-electron chi connectivity index (χ4n) is 0.654. The molecule has 0 aliphatic carbocycles. The number of carbonyl (C=O) groups is 1. The Morgan fingerprint density at radius 1 is 1.92 bits per heavy atom. The molecule has 1 aromatic rings. The van der Waals surface area contributed by atoms with Crippen LogP contribution in [0.1, 0.15) is 11.7 Å². The minimum atomic E-state index is -0.780. The average Bonchev–Trinajstić information content (AvgIpc) is 2.49. The number of ether oxygens (including phenoxy) is 1. The lowest BCUT2D eigenvalue weighted by molar-refractivity contribution is -0.142. The maximum absolute atomic E-state index is 10.9. The van der Waals surface area contributed by atoms with Crippen molar-refractivity contribution in [3.05, 3.63) is 15.0 Å². The molecule has 1 heterocycles. The van der Waals surface area contributed by atoms with Gasteiger partial charge in [-0.05, 0) is 15.9 Å². The number of methoxy groups -OCH3 is 1. The summed E-state index contributed by atoms with van der Waals surface area (Å²) in [7, 11) is 1.30. The molecule has 0 aliphatic rings. The quantitative estimate of drug-likeness (QED) is 0.798. The van der Waals surface area contributed by atoms with Gasteiger partial charge in [-0.25, -0.2) is 9.78 Å². The van der Waals surface area contributed by atoms with Crippen molar-refractivity contribution in [1.29, 1.82) is 0 Å². The molecule has 1 rings (SSSR count). The lowest BCUT2D eigenvalue weighted by Gasteiger charge is -2.04. The van der Waals surface area contributed by atoms with Gasteiger partial charge in [-0.2, -0.15) is 0 Å². The van der Waals surface area contributed by atoms with Crippen LogP contribution in [0.25, 0.3) is 0 Å². The first-order valence-electron chi connectivity index (χ1n) is 3.09. The van der Waals surface area contributed by atoms with Crippen molar-refractivity contribution in [3.63, 3.8) is 0 Å². The van der Waals surface area contributed by atoms with Crippen LogP contribution < -0.4 is 5.73 Å². The summed E-state index contributed by atoms with van der Waals surface area (Å²) in [5.74, 6) is -0.479. The predicted octanol–water partition coefficient (Wildman–Crippen LogP) is 1.08. The number of esters is 1. The maximum Gasteiger partial charge on any atom is 0.328 e. The Kier molecular flexibility index (Phi) is 3.19. The highest BCUT2D eigenvalue weighted by Crippen LogP contribution is 2.20. The Hall–Kier alpha value is -0.460. The highest BCUT2D eigenvalue weighted by molar-refractivity contribution is 9.11. The third kappa shape index (κ3) is 2.02. The van der Waals surface area contributed by atoms with Crippen molar-refractivity contribution in [3.8, 4) is 0 Å². The molecule has 0 aliphatic heterocycles. The largest absolute Gasteiger partial charge is 0.468 e. The first-order chi connectivity index (χ1) is 5.65. The second kappa shape index (κ2) is 3.97. The third-order valence-electron chi connectivity index (χ3n) is 1.27. The minimum Gasteiger partial charge on any atom is -0.468 e. The third-order valence-corrected chi connectivity index (χ3v) is 2.65. The van der Waals surface area contributed by atoms with E-state index in [0.717, 1.165) is 0 Å². The maximum atomic E-state index is 10.9. The molecule has 0 fully saturated rings. The summed E-state index contributed by atoms with van der Waals surface area (Å²) in [5, 5.41) is 1.71. The molecule has 0 amide bonds. The molecule has 2 N–H and O–H groups in total. The molecule has 0 spiro atoms. The Morgan fingerprint density at radius 2 is 2.58 bits per heavy atom. The normalized spacial score (nSPS) is 12.6. The molecular formula is C6H7BrN2O2S. The smallest absolute Gasteiger partial charge is 0.328 e. The number of hydrogen-bond acceptors (Lipinski definition) is 5. The number of aromatic nitrogens is 1. The summed E-state index contributed by atoms with van der Waals surface area (Å²) in [5.41, 5.74) is 6.04. The number of nitrogens with zero attached hydrogens (tertiary/aromatic N) is 1. The number of nitrogens with two attached hydrogens (primary N) is 1. The second-order valence-corrected chi connectivity index (χ2v) is 4.16. The van der Waals surface area contributed by atoms with Crippen molar-refractivity contribution < 1.29 is 9.53 Å². The van der Waals surface area contributed by atoms with Crippen molar-refractivity contribution in [2.45, 2.75) is 6.04 Å². The van der Waals surface area contributed by atoms with Gasteiger partial charge in [0.05, 0.1) is 12.8 Å². The SMILES string of the molecule is COC(=O)[C@H](N)c1csc(Br)n1. The van der Waals surface area contributed by atoms with Crippen LogP contribution in [-0.2, 0) is 9.53 Å². The van der Waals surface area contributed by atoms with Crippen LogP contribution in [-0.4, -0.2) is 18.1 Å². The van der Waals surface area contributed by atoms with E-state index >= 15 is 0 Å². The second-order valence-electron chi connectivity index (χ2n) is 2.03. The zero-order valence-corrected chi connectivity index (χ0v) is 8.68. The number of halogens is 1. The van der Waals surface area contributed by atoms with Crippen molar-refractivity contribution >= 4 is 33.2 Å². The van der Waals surface area contributed by atoms with Crippen LogP contribution in [0.3, 0.4) is 0 Å². The molecule has 0 saturated carbocycles. The molecule has 0 bridgehead atoms. The van der Waals surface area contributed by atoms with E-state index in [4.69, 9.17) is 5.73 Å². The standard InChI is InChI=1S/C6H7BrN2O2S/c1-11-5(10)4(8)3-2-12-6(7)9-3/h2,4H,8H2,1H3/t4-/m1/s1. The lowest BCUT2D eigenvalue weighted by Crippen LogP contribution is -2.22. The fourth-order valence-corrected chi connectivity index (χ4v) is 1.71. The summed E-state index contributed by atoms with van der Waals surface area (Å²) >= 11 is 4.55. The highest BCUT2D eigenvalue weighted by Gasteiger charge is 2.18. The van der Waals surface area contributed by atoms with E-state index in [1.54, 1.807) is 5.38 Å². The van der Waals surface area contributed by atoms with Crippen LogP contribution in [0, 0.1) is 0 Å². The van der Waals surface area contributed by atoms with Crippen molar-refractivity contribution in [2.24, 2.45) is 5.73 Å². The van der Waals surface area contributed by atoms with Gasteiger partial charge in [0.2, 0.25) is 0 Å². The van der Waals surface area contributed by atoms with Gasteiger partial charge in [0.25, 0.3) is 0 Å². The topological polar surface area (TPSA) is 65.2 Å². The zero-order valence-electron chi connectivity index (χ0n) is 6.28. The molecule has 12 heavy (non-hydrogen) atoms. The van der Waals surface area contributed by atoms with Crippen molar-refractivity contribution in [2.75, 3.05) is 7.11 Å². The minimum absolute atomic E-state index is 0.479. The van der Waals surface area contributed by atoms with Gasteiger partial charge in [-0.15, -0.1) is 11.3 Å². The molecule has 1 atom stereocenters. The van der Waals surface area contributed by atoms with E-state index in [2.05, 4.69) is 25.7 Å². The highest BCUT2D eigenvalue weighted by atomic mass is 79.9. The van der Waals surface area contributed by atoms with Crippen LogP contribution in [0.15, 0.2) is 9.30 Å². The van der Waals surface area contributed by atoms with Gasteiger partial charge in [0.1, 0.15) is 6.04 Å². The van der Waals surface area contributed by atoms with E-state index in [-0.39, 0.29) is 0 Å². The number of thiazole rings is 1. The fraction of sp³-hybridized carbons (Fsp3) is 0.333. The number of hydrogen-bond donors (Lipinski definition) is 1. The number of carbonyl (C=O) groups excluding carboxylic acids is 1. The molecule has 66 valence electrons. The Balaban J connectivity index is 2.77. The summed E-state index contributed by atoms with van der Waals surface area (Å²) in [6, 6.07) is -0.780. The van der Waals surface area contributed by atoms with Crippen LogP contribution in [0.4, 0.5) is 0 Å². The van der Waals surface area contributed by atoms with Crippen LogP contribution in [0.2, 0.25) is 0 Å². The number of rotatable bonds is 2. The summed E-state index contributed by atoms with van der Waals surface area (Å²) in [6.45, 7) is 0. The van der Waals surface area contributed by atoms with Gasteiger partial charge >= 0.3 is 5.97 Å². The monoisotopic (exact) mass is 250 g/mol. The van der Waals surface area contributed by atoms with Gasteiger partial charge in [-0.3, -0.25) is 0 Å². The van der Waals surface area contributed by atoms with Gasteiger partial charge < -0.3 is 10.5 Å². The van der Waals surface area contributed by atoms with E-state index in [1.165, 1.54) is 18.4 Å². The van der Waals surface area contributed by atoms with Crippen LogP contribution in [0.5, 0.6) is 0 Å². The van der Waals surface area contributed by atoms with Gasteiger partial charge in [0.15, 0.2) is 3.92 Å². The van der Waals surface area contributed by atoms with Gasteiger partial charge in [0, 0.05) is 5.38 Å². The summed E-state index contributed by atoms with van der Waals surface area (Å²) in [4.78, 5) is 14.9. The molecule has 0 aromatic carbocycles.